The summed E-state index contributed by atoms with van der Waals surface area (Å²) >= 11 is 0. The number of nitrogens with zero attached hydrogens (tertiary/aromatic N) is 3. The Hall–Kier alpha value is -3.16. The van der Waals surface area contributed by atoms with E-state index in [1.54, 1.807) is 0 Å². The fraction of sp³-hybridized carbons (Fsp3) is 0.419. The summed E-state index contributed by atoms with van der Waals surface area (Å²) in [5.74, 6) is 9.04. The van der Waals surface area contributed by atoms with Gasteiger partial charge in [0.25, 0.3) is 0 Å². The molecule has 2 aromatic rings. The van der Waals surface area contributed by atoms with Gasteiger partial charge >= 0.3 is 0 Å². The van der Waals surface area contributed by atoms with Gasteiger partial charge in [-0.15, -0.1) is 10.2 Å². The van der Waals surface area contributed by atoms with Gasteiger partial charge in [0.05, 0.1) is 6.54 Å². The van der Waals surface area contributed by atoms with Crippen molar-refractivity contribution in [1.29, 1.82) is 0 Å². The largest absolute Gasteiger partial charge is 0.309 e. The van der Waals surface area contributed by atoms with Crippen LogP contribution in [0.1, 0.15) is 67.9 Å². The lowest BCUT2D eigenvalue weighted by molar-refractivity contribution is 0.584. The molecule has 1 heterocycles. The standard InChI is InChI=1S/C24H30N4.C7H12/c1-6-8-13-23(7-2)28-20(4)26-27-24(28)14-9-11-21-15-16-22(19(3)18-21)12-10-17-25-5;1-7-5-3-2-4-6-7/h6-8,13,15-16,18,25H,2,9,11,14,17H2,1,3-5H3;3,5,7H,2,4,6H2,1H3/b8-6-,23-13+;. The van der Waals surface area contributed by atoms with E-state index in [0.717, 1.165) is 48.1 Å². The van der Waals surface area contributed by atoms with Gasteiger partial charge in [0.15, 0.2) is 0 Å². The van der Waals surface area contributed by atoms with E-state index in [4.69, 9.17) is 0 Å². The van der Waals surface area contributed by atoms with E-state index in [1.165, 1.54) is 30.4 Å². The number of hydrogen-bond donors (Lipinski definition) is 1. The van der Waals surface area contributed by atoms with Crippen molar-refractivity contribution in [1.82, 2.24) is 20.1 Å². The quantitative estimate of drug-likeness (QED) is 0.268. The lowest BCUT2D eigenvalue weighted by atomic mass is 9.98. The second-order valence-electron chi connectivity index (χ2n) is 8.99. The molecule has 0 saturated heterocycles. The van der Waals surface area contributed by atoms with Crippen LogP contribution in [-0.4, -0.2) is 28.4 Å². The Kier molecular flexibility index (Phi) is 12.6. The Morgan fingerprint density at radius 2 is 2.09 bits per heavy atom. The van der Waals surface area contributed by atoms with Gasteiger partial charge in [-0.05, 0) is 95.2 Å². The first-order valence-electron chi connectivity index (χ1n) is 12.8. The third-order valence-corrected chi connectivity index (χ3v) is 5.96. The highest BCUT2D eigenvalue weighted by molar-refractivity contribution is 5.59. The zero-order chi connectivity index (χ0) is 25.5. The van der Waals surface area contributed by atoms with Crippen LogP contribution < -0.4 is 5.32 Å². The molecule has 35 heavy (non-hydrogen) atoms. The van der Waals surface area contributed by atoms with Gasteiger partial charge in [0.2, 0.25) is 0 Å². The summed E-state index contributed by atoms with van der Waals surface area (Å²) < 4.78 is 2.08. The highest BCUT2D eigenvalue weighted by Crippen LogP contribution is 2.17. The molecule has 0 amide bonds. The summed E-state index contributed by atoms with van der Waals surface area (Å²) in [7, 11) is 1.90. The molecule has 0 fully saturated rings. The monoisotopic (exact) mass is 470 g/mol. The van der Waals surface area contributed by atoms with Crippen LogP contribution in [0.5, 0.6) is 0 Å². The molecule has 0 saturated carbocycles. The minimum atomic E-state index is 0.705. The maximum Gasteiger partial charge on any atom is 0.137 e. The Bertz CT molecular complexity index is 1090. The Balaban J connectivity index is 0.000000527. The molecule has 0 radical (unpaired) electrons. The van der Waals surface area contributed by atoms with Crippen molar-refractivity contribution >= 4 is 5.70 Å². The molecule has 1 aromatic carbocycles. The molecule has 4 heteroatoms. The van der Waals surface area contributed by atoms with E-state index in [9.17, 15) is 0 Å². The lowest BCUT2D eigenvalue weighted by Crippen LogP contribution is -2.05. The van der Waals surface area contributed by atoms with Crippen molar-refractivity contribution in [3.05, 3.63) is 89.6 Å². The first-order chi connectivity index (χ1) is 17.0. The van der Waals surface area contributed by atoms with Crippen molar-refractivity contribution in [2.24, 2.45) is 5.92 Å². The molecule has 1 aliphatic rings. The smallest absolute Gasteiger partial charge is 0.137 e. The van der Waals surface area contributed by atoms with E-state index in [2.05, 4.69) is 82.7 Å². The average Bonchev–Trinajstić information content (AvgIpc) is 3.22. The third-order valence-electron chi connectivity index (χ3n) is 5.96. The van der Waals surface area contributed by atoms with E-state index in [0.29, 0.717) is 6.54 Å². The average molecular weight is 471 g/mol. The number of nitrogens with one attached hydrogen (secondary N) is 1. The van der Waals surface area contributed by atoms with Crippen LogP contribution in [0.2, 0.25) is 0 Å². The van der Waals surface area contributed by atoms with E-state index in [1.807, 2.05) is 45.2 Å². The van der Waals surface area contributed by atoms with Gasteiger partial charge in [-0.3, -0.25) is 4.57 Å². The molecule has 1 unspecified atom stereocenters. The lowest BCUT2D eigenvalue weighted by Gasteiger charge is -2.09. The van der Waals surface area contributed by atoms with Gasteiger partial charge in [0, 0.05) is 17.7 Å². The van der Waals surface area contributed by atoms with Crippen molar-refractivity contribution in [3.8, 4) is 11.8 Å². The van der Waals surface area contributed by atoms with Gasteiger partial charge in [-0.1, -0.05) is 61.8 Å². The predicted molar refractivity (Wildman–Crippen MR) is 150 cm³/mol. The van der Waals surface area contributed by atoms with Gasteiger partial charge in [0.1, 0.15) is 11.6 Å². The fourth-order valence-electron chi connectivity index (χ4n) is 4.02. The predicted octanol–water partition coefficient (Wildman–Crippen LogP) is 6.61. The summed E-state index contributed by atoms with van der Waals surface area (Å²) in [4.78, 5) is 0. The third kappa shape index (κ3) is 9.54. The number of allylic oxidation sites excluding steroid dienone is 7. The van der Waals surface area contributed by atoms with E-state index < -0.39 is 0 Å². The van der Waals surface area contributed by atoms with Gasteiger partial charge in [-0.25, -0.2) is 0 Å². The minimum Gasteiger partial charge on any atom is -0.309 e. The highest BCUT2D eigenvalue weighted by atomic mass is 15.3. The minimum absolute atomic E-state index is 0.705. The number of hydrogen-bond acceptors (Lipinski definition) is 3. The first-order valence-corrected chi connectivity index (χ1v) is 12.8. The maximum atomic E-state index is 4.37. The number of benzene rings is 1. The SMILES string of the molecule is C=C/C(=C\C=C/C)n1c(C)nnc1CCCc1ccc(C#CCNC)c(C)c1.CC1C=CCCC1. The molecule has 1 N–H and O–H groups in total. The van der Waals surface area contributed by atoms with Crippen LogP contribution in [0, 0.1) is 31.6 Å². The van der Waals surface area contributed by atoms with Crippen molar-refractivity contribution in [2.75, 3.05) is 13.6 Å². The van der Waals surface area contributed by atoms with E-state index >= 15 is 0 Å². The molecule has 3 rings (SSSR count). The van der Waals surface area contributed by atoms with Crippen molar-refractivity contribution in [2.45, 2.75) is 66.2 Å². The Morgan fingerprint density at radius 1 is 1.26 bits per heavy atom. The van der Waals surface area contributed by atoms with Crippen LogP contribution in [0.25, 0.3) is 5.70 Å². The summed E-state index contributed by atoms with van der Waals surface area (Å²) in [6.45, 7) is 13.0. The fourth-order valence-corrected chi connectivity index (χ4v) is 4.02. The zero-order valence-corrected chi connectivity index (χ0v) is 22.3. The number of aryl methyl sites for hydroxylation is 4. The Labute approximate surface area is 212 Å². The molecular weight excluding hydrogens is 428 g/mol. The number of rotatable bonds is 8. The molecule has 0 bridgehead atoms. The molecular formula is C31H42N4. The van der Waals surface area contributed by atoms with Crippen LogP contribution in [-0.2, 0) is 12.8 Å². The molecule has 4 nitrogen and oxygen atoms in total. The summed E-state index contributed by atoms with van der Waals surface area (Å²) in [5, 5.41) is 11.7. The Morgan fingerprint density at radius 3 is 2.69 bits per heavy atom. The molecule has 1 atom stereocenters. The molecule has 186 valence electrons. The summed E-state index contributed by atoms with van der Waals surface area (Å²) in [6, 6.07) is 6.53. The van der Waals surface area contributed by atoms with Crippen LogP contribution in [0.4, 0.5) is 0 Å². The summed E-state index contributed by atoms with van der Waals surface area (Å²) in [5.41, 5.74) is 4.64. The normalized spacial score (nSPS) is 15.3. The molecule has 1 aliphatic carbocycles. The second-order valence-corrected chi connectivity index (χ2v) is 8.99. The van der Waals surface area contributed by atoms with Crippen LogP contribution >= 0.6 is 0 Å². The molecule has 0 aliphatic heterocycles. The number of aromatic nitrogens is 3. The molecule has 1 aromatic heterocycles. The second kappa shape index (κ2) is 15.7. The topological polar surface area (TPSA) is 42.7 Å². The van der Waals surface area contributed by atoms with Gasteiger partial charge in [-0.2, -0.15) is 0 Å². The van der Waals surface area contributed by atoms with Gasteiger partial charge < -0.3 is 5.32 Å². The summed E-state index contributed by atoms with van der Waals surface area (Å²) in [6.07, 6.45) is 19.5. The van der Waals surface area contributed by atoms with Crippen LogP contribution in [0.3, 0.4) is 0 Å². The van der Waals surface area contributed by atoms with Crippen LogP contribution in [0.15, 0.2) is 61.2 Å². The van der Waals surface area contributed by atoms with Crippen molar-refractivity contribution < 1.29 is 0 Å². The molecule has 0 spiro atoms. The first kappa shape index (κ1) is 28.1. The van der Waals surface area contributed by atoms with Crippen molar-refractivity contribution in [3.63, 3.8) is 0 Å². The van der Waals surface area contributed by atoms with E-state index in [-0.39, 0.29) is 0 Å². The zero-order valence-electron chi connectivity index (χ0n) is 22.3. The maximum absolute atomic E-state index is 4.37. The highest BCUT2D eigenvalue weighted by Gasteiger charge is 2.11.